The Balaban J connectivity index is 1.56. The van der Waals surface area contributed by atoms with E-state index < -0.39 is 17.5 Å². The Labute approximate surface area is 151 Å². The van der Waals surface area contributed by atoms with E-state index in [9.17, 15) is 18.4 Å². The van der Waals surface area contributed by atoms with Crippen LogP contribution in [0, 0.1) is 23.5 Å². The number of nitrogens with two attached hydrogens (primary N) is 1. The second kappa shape index (κ2) is 7.31. The van der Waals surface area contributed by atoms with Crippen LogP contribution in [0.2, 0.25) is 0 Å². The molecule has 3 N–H and O–H groups in total. The van der Waals surface area contributed by atoms with Crippen LogP contribution in [0.15, 0.2) is 18.2 Å². The van der Waals surface area contributed by atoms with Crippen LogP contribution in [0.25, 0.3) is 0 Å². The van der Waals surface area contributed by atoms with Crippen molar-refractivity contribution in [1.82, 2.24) is 10.2 Å². The first-order valence-electron chi connectivity index (χ1n) is 9.10. The van der Waals surface area contributed by atoms with Gasteiger partial charge in [-0.05, 0) is 50.7 Å². The van der Waals surface area contributed by atoms with Gasteiger partial charge in [0.05, 0.1) is 11.1 Å². The monoisotopic (exact) mass is 365 g/mol. The fraction of sp³-hybridized carbons (Fsp3) is 0.579. The summed E-state index contributed by atoms with van der Waals surface area (Å²) in [6, 6.07) is 2.94. The number of amides is 2. The topological polar surface area (TPSA) is 75.4 Å². The van der Waals surface area contributed by atoms with E-state index in [1.807, 2.05) is 6.92 Å². The Morgan fingerprint density at radius 2 is 1.88 bits per heavy atom. The third kappa shape index (κ3) is 3.87. The number of carbonyl (C=O) groups excluding carboxylic acids is 2. The molecule has 1 unspecified atom stereocenters. The molecule has 2 aliphatic rings. The zero-order valence-corrected chi connectivity index (χ0v) is 14.9. The minimum atomic E-state index is -0.863. The molecule has 2 amide bonds. The van der Waals surface area contributed by atoms with Crippen LogP contribution in [0.3, 0.4) is 0 Å². The van der Waals surface area contributed by atoms with Crippen molar-refractivity contribution in [3.05, 3.63) is 35.4 Å². The molecule has 1 aliphatic heterocycles. The van der Waals surface area contributed by atoms with Crippen molar-refractivity contribution in [2.45, 2.75) is 38.1 Å². The van der Waals surface area contributed by atoms with Crippen molar-refractivity contribution in [2.24, 2.45) is 17.6 Å². The number of hydrogen-bond acceptors (Lipinski definition) is 3. The maximum absolute atomic E-state index is 13.8. The number of halogens is 2. The molecule has 1 heterocycles. The van der Waals surface area contributed by atoms with E-state index >= 15 is 0 Å². The fourth-order valence-corrected chi connectivity index (χ4v) is 3.60. The fourth-order valence-electron chi connectivity index (χ4n) is 3.60. The maximum atomic E-state index is 13.8. The highest BCUT2D eigenvalue weighted by Gasteiger charge is 2.42. The number of carbonyl (C=O) groups is 2. The summed E-state index contributed by atoms with van der Waals surface area (Å²) in [5.41, 5.74) is 5.35. The van der Waals surface area contributed by atoms with Crippen molar-refractivity contribution < 1.29 is 18.4 Å². The molecule has 0 spiro atoms. The summed E-state index contributed by atoms with van der Waals surface area (Å²) in [6.45, 7) is 3.14. The van der Waals surface area contributed by atoms with Gasteiger partial charge in [-0.15, -0.1) is 0 Å². The van der Waals surface area contributed by atoms with Gasteiger partial charge in [0.1, 0.15) is 11.6 Å². The molecule has 1 aromatic rings. The highest BCUT2D eigenvalue weighted by Crippen LogP contribution is 2.39. The summed E-state index contributed by atoms with van der Waals surface area (Å²) >= 11 is 0. The van der Waals surface area contributed by atoms with E-state index in [0.29, 0.717) is 44.5 Å². The van der Waals surface area contributed by atoms with E-state index in [1.165, 1.54) is 4.90 Å². The van der Waals surface area contributed by atoms with Gasteiger partial charge in [0, 0.05) is 31.6 Å². The molecule has 1 aromatic carbocycles. The van der Waals surface area contributed by atoms with E-state index in [2.05, 4.69) is 5.32 Å². The molecule has 3 rings (SSSR count). The average Bonchev–Trinajstić information content (AvgIpc) is 3.47. The van der Waals surface area contributed by atoms with Crippen LogP contribution < -0.4 is 11.1 Å². The number of hydrogen-bond donors (Lipinski definition) is 2. The summed E-state index contributed by atoms with van der Waals surface area (Å²) in [4.78, 5) is 26.5. The predicted molar refractivity (Wildman–Crippen MR) is 93.3 cm³/mol. The van der Waals surface area contributed by atoms with E-state index in [0.717, 1.165) is 25.0 Å². The molecule has 0 aromatic heterocycles. The summed E-state index contributed by atoms with van der Waals surface area (Å²) in [5.74, 6) is -1.80. The first-order valence-corrected chi connectivity index (χ1v) is 9.10. The van der Waals surface area contributed by atoms with E-state index in [-0.39, 0.29) is 22.9 Å². The van der Waals surface area contributed by atoms with Gasteiger partial charge < -0.3 is 16.0 Å². The van der Waals surface area contributed by atoms with Gasteiger partial charge >= 0.3 is 0 Å². The lowest BCUT2D eigenvalue weighted by molar-refractivity contribution is -0.128. The smallest absolute Gasteiger partial charge is 0.256 e. The molecule has 0 radical (unpaired) electrons. The zero-order valence-electron chi connectivity index (χ0n) is 14.9. The molecule has 26 heavy (non-hydrogen) atoms. The summed E-state index contributed by atoms with van der Waals surface area (Å²) in [5, 5.41) is 3.10. The number of rotatable bonds is 5. The Hall–Kier alpha value is -2.02. The van der Waals surface area contributed by atoms with Crippen LogP contribution in [0.1, 0.15) is 43.0 Å². The Kier molecular flexibility index (Phi) is 5.27. The number of nitrogens with one attached hydrogen (secondary N) is 1. The molecule has 0 bridgehead atoms. The molecule has 1 saturated carbocycles. The Morgan fingerprint density at radius 3 is 2.42 bits per heavy atom. The van der Waals surface area contributed by atoms with Crippen LogP contribution in [0.4, 0.5) is 8.78 Å². The average molecular weight is 365 g/mol. The van der Waals surface area contributed by atoms with Crippen LogP contribution >= 0.6 is 0 Å². The second-order valence-electron chi connectivity index (χ2n) is 7.58. The largest absolute Gasteiger partial charge is 0.349 e. The van der Waals surface area contributed by atoms with Crippen molar-refractivity contribution in [2.75, 3.05) is 19.6 Å². The molecule has 1 saturated heterocycles. The predicted octanol–water partition coefficient (Wildman–Crippen LogP) is 2.06. The van der Waals surface area contributed by atoms with Crippen LogP contribution in [0.5, 0.6) is 0 Å². The van der Waals surface area contributed by atoms with Crippen LogP contribution in [-0.4, -0.2) is 41.9 Å². The quantitative estimate of drug-likeness (QED) is 0.839. The van der Waals surface area contributed by atoms with Gasteiger partial charge in [-0.3, -0.25) is 9.59 Å². The lowest BCUT2D eigenvalue weighted by Crippen LogP contribution is -2.55. The number of likely N-dealkylation sites (tertiary alicyclic amines) is 1. The maximum Gasteiger partial charge on any atom is 0.256 e. The molecule has 142 valence electrons. The molecule has 1 aliphatic carbocycles. The van der Waals surface area contributed by atoms with Gasteiger partial charge in [0.25, 0.3) is 5.91 Å². The lowest BCUT2D eigenvalue weighted by atomic mass is 9.91. The van der Waals surface area contributed by atoms with Gasteiger partial charge in [-0.25, -0.2) is 8.78 Å². The highest BCUT2D eigenvalue weighted by molar-refractivity contribution is 5.94. The van der Waals surface area contributed by atoms with Crippen molar-refractivity contribution in [3.8, 4) is 0 Å². The highest BCUT2D eigenvalue weighted by atomic mass is 19.1. The Bertz CT molecular complexity index is 700. The zero-order chi connectivity index (χ0) is 18.9. The number of nitrogens with zero attached hydrogens (tertiary/aromatic N) is 1. The van der Waals surface area contributed by atoms with Gasteiger partial charge in [0.15, 0.2) is 0 Å². The first kappa shape index (κ1) is 18.8. The molecule has 5 nitrogen and oxygen atoms in total. The summed E-state index contributed by atoms with van der Waals surface area (Å²) in [6.07, 6.45) is 3.21. The molecular formula is C19H25F2N3O2. The minimum Gasteiger partial charge on any atom is -0.349 e. The minimum absolute atomic E-state index is 0.0232. The van der Waals surface area contributed by atoms with Gasteiger partial charge in [-0.2, -0.15) is 0 Å². The first-order chi connectivity index (χ1) is 12.3. The molecule has 2 fully saturated rings. The normalized spacial score (nSPS) is 20.5. The van der Waals surface area contributed by atoms with Crippen molar-refractivity contribution >= 4 is 11.8 Å². The van der Waals surface area contributed by atoms with E-state index in [1.54, 1.807) is 0 Å². The van der Waals surface area contributed by atoms with Gasteiger partial charge in [-0.1, -0.05) is 0 Å². The SMILES string of the molecule is CC(CN)(NC(=O)C1CCN(C(=O)c2ccc(F)cc2F)CC1)C1CC1. The summed E-state index contributed by atoms with van der Waals surface area (Å²) < 4.78 is 26.8. The van der Waals surface area contributed by atoms with Crippen molar-refractivity contribution in [1.29, 1.82) is 0 Å². The van der Waals surface area contributed by atoms with E-state index in [4.69, 9.17) is 5.73 Å². The second-order valence-corrected chi connectivity index (χ2v) is 7.58. The van der Waals surface area contributed by atoms with Gasteiger partial charge in [0.2, 0.25) is 5.91 Å². The molecular weight excluding hydrogens is 340 g/mol. The lowest BCUT2D eigenvalue weighted by Gasteiger charge is -2.35. The Morgan fingerprint density at radius 1 is 1.23 bits per heavy atom. The molecule has 1 atom stereocenters. The molecule has 7 heteroatoms. The number of piperidine rings is 1. The standard InChI is InChI=1S/C19H25F2N3O2/c1-19(11-22,13-2-3-13)23-17(25)12-6-8-24(9-7-12)18(26)15-5-4-14(20)10-16(15)21/h4-5,10,12-13H,2-3,6-9,11,22H2,1H3,(H,23,25). The third-order valence-corrected chi connectivity index (χ3v) is 5.63. The summed E-state index contributed by atoms with van der Waals surface area (Å²) in [7, 11) is 0. The third-order valence-electron chi connectivity index (χ3n) is 5.63. The van der Waals surface area contributed by atoms with Crippen molar-refractivity contribution in [3.63, 3.8) is 0 Å². The number of benzene rings is 1. The van der Waals surface area contributed by atoms with Crippen LogP contribution in [-0.2, 0) is 4.79 Å².